The first kappa shape index (κ1) is 9.46. The molecule has 0 aromatic carbocycles. The second-order valence-electron chi connectivity index (χ2n) is 1.56. The van der Waals surface area contributed by atoms with Crippen molar-refractivity contribution in [3.05, 3.63) is 11.8 Å². The third-order valence-corrected chi connectivity index (χ3v) is 0.843. The Bertz CT molecular complexity index is 204. The molecule has 11 heavy (non-hydrogen) atoms. The number of hydrazine groups is 1. The van der Waals surface area contributed by atoms with Crippen LogP contribution < -0.4 is 11.3 Å². The average Bonchev–Trinajstić information content (AvgIpc) is 2.00. The lowest BCUT2D eigenvalue weighted by Gasteiger charge is -1.97. The summed E-state index contributed by atoms with van der Waals surface area (Å²) in [5.41, 5.74) is 1.93. The Balaban J connectivity index is 4.18. The van der Waals surface area contributed by atoms with E-state index in [-0.39, 0.29) is 12.2 Å². The molecule has 0 unspecified atom stereocenters. The summed E-state index contributed by atoms with van der Waals surface area (Å²) in [6, 6.07) is 1.63. The zero-order valence-corrected chi connectivity index (χ0v) is 6.13. The molecule has 0 saturated carbocycles. The minimum absolute atomic E-state index is 0.144. The van der Waals surface area contributed by atoms with Crippen molar-refractivity contribution in [3.8, 4) is 6.07 Å². The molecule has 0 bridgehead atoms. The van der Waals surface area contributed by atoms with E-state index < -0.39 is 5.97 Å². The Labute approximate surface area is 64.4 Å². The van der Waals surface area contributed by atoms with Gasteiger partial charge in [-0.3, -0.25) is 5.84 Å². The number of nitriles is 1. The number of nitrogens with one attached hydrogen (secondary N) is 1. The zero-order chi connectivity index (χ0) is 8.69. The van der Waals surface area contributed by atoms with Crippen LogP contribution in [0.1, 0.15) is 6.92 Å². The lowest BCUT2D eigenvalue weighted by molar-refractivity contribution is -0.138. The topological polar surface area (TPSA) is 88.1 Å². The van der Waals surface area contributed by atoms with E-state index in [9.17, 15) is 4.79 Å². The molecule has 60 valence electrons. The van der Waals surface area contributed by atoms with Gasteiger partial charge in [-0.05, 0) is 6.92 Å². The molecule has 0 spiro atoms. The molecule has 0 aliphatic carbocycles. The fourth-order valence-electron chi connectivity index (χ4n) is 0.429. The van der Waals surface area contributed by atoms with Crippen LogP contribution in [0.4, 0.5) is 0 Å². The first-order valence-electron chi connectivity index (χ1n) is 2.99. The van der Waals surface area contributed by atoms with Crippen LogP contribution in [0.3, 0.4) is 0 Å². The smallest absolute Gasteiger partial charge is 0.350 e. The van der Waals surface area contributed by atoms with Gasteiger partial charge in [0.25, 0.3) is 0 Å². The molecule has 0 radical (unpaired) electrons. The number of nitrogens with two attached hydrogens (primary N) is 1. The Morgan fingerprint density at radius 2 is 2.55 bits per heavy atom. The van der Waals surface area contributed by atoms with E-state index in [1.807, 2.05) is 0 Å². The molecule has 0 rings (SSSR count). The Morgan fingerprint density at radius 1 is 1.91 bits per heavy atom. The van der Waals surface area contributed by atoms with E-state index in [0.29, 0.717) is 0 Å². The van der Waals surface area contributed by atoms with Gasteiger partial charge in [0, 0.05) is 6.20 Å². The lowest BCUT2D eigenvalue weighted by Crippen LogP contribution is -2.17. The quantitative estimate of drug-likeness (QED) is 0.187. The molecule has 0 heterocycles. The van der Waals surface area contributed by atoms with Gasteiger partial charge in [-0.15, -0.1) is 0 Å². The standard InChI is InChI=1S/C6H9N3O2/c1-2-11-6(10)5(3-7)4-9-8/h4,9H,2,8H2,1H3/b5-4-. The number of carbonyl (C=O) groups is 1. The van der Waals surface area contributed by atoms with Crippen LogP contribution >= 0.6 is 0 Å². The van der Waals surface area contributed by atoms with Crippen LogP contribution in [0.2, 0.25) is 0 Å². The molecule has 0 aliphatic rings. The van der Waals surface area contributed by atoms with Crippen LogP contribution in [0, 0.1) is 11.3 Å². The Hall–Kier alpha value is -1.54. The van der Waals surface area contributed by atoms with Gasteiger partial charge in [0.1, 0.15) is 6.07 Å². The molecular formula is C6H9N3O2. The number of hydrogen-bond acceptors (Lipinski definition) is 5. The highest BCUT2D eigenvalue weighted by molar-refractivity contribution is 5.92. The molecule has 0 aromatic rings. The van der Waals surface area contributed by atoms with Crippen molar-refractivity contribution in [2.45, 2.75) is 6.92 Å². The normalized spacial score (nSPS) is 10.1. The van der Waals surface area contributed by atoms with Crippen LogP contribution in [0.25, 0.3) is 0 Å². The molecule has 0 fully saturated rings. The van der Waals surface area contributed by atoms with Gasteiger partial charge in [-0.1, -0.05) is 0 Å². The number of ether oxygens (including phenoxy) is 1. The Kier molecular flexibility index (Phi) is 4.52. The van der Waals surface area contributed by atoms with Crippen LogP contribution in [-0.2, 0) is 9.53 Å². The van der Waals surface area contributed by atoms with Gasteiger partial charge in [0.05, 0.1) is 6.61 Å². The summed E-state index contributed by atoms with van der Waals surface area (Å²) in [6.07, 6.45) is 1.08. The van der Waals surface area contributed by atoms with E-state index in [0.717, 1.165) is 6.20 Å². The lowest BCUT2D eigenvalue weighted by atomic mass is 10.3. The summed E-state index contributed by atoms with van der Waals surface area (Å²) < 4.78 is 4.52. The fraction of sp³-hybridized carbons (Fsp3) is 0.333. The summed E-state index contributed by atoms with van der Waals surface area (Å²) in [4.78, 5) is 10.8. The highest BCUT2D eigenvalue weighted by Crippen LogP contribution is 1.93. The van der Waals surface area contributed by atoms with Crippen LogP contribution in [-0.4, -0.2) is 12.6 Å². The monoisotopic (exact) mass is 155 g/mol. The van der Waals surface area contributed by atoms with Crippen molar-refractivity contribution >= 4 is 5.97 Å². The number of hydrogen-bond donors (Lipinski definition) is 2. The van der Waals surface area contributed by atoms with E-state index >= 15 is 0 Å². The largest absolute Gasteiger partial charge is 0.462 e. The van der Waals surface area contributed by atoms with E-state index in [4.69, 9.17) is 11.1 Å². The highest BCUT2D eigenvalue weighted by Gasteiger charge is 2.07. The summed E-state index contributed by atoms with van der Waals surface area (Å²) in [5.74, 6) is 4.18. The zero-order valence-electron chi connectivity index (χ0n) is 6.13. The van der Waals surface area contributed by atoms with Gasteiger partial charge in [0.15, 0.2) is 5.57 Å². The maximum Gasteiger partial charge on any atom is 0.350 e. The third-order valence-electron chi connectivity index (χ3n) is 0.843. The van der Waals surface area contributed by atoms with E-state index in [1.165, 1.54) is 0 Å². The summed E-state index contributed by atoms with van der Waals surface area (Å²) in [6.45, 7) is 1.89. The maximum atomic E-state index is 10.8. The molecule has 5 heteroatoms. The molecule has 0 aromatic heterocycles. The molecule has 5 nitrogen and oxygen atoms in total. The summed E-state index contributed by atoms with van der Waals surface area (Å²) >= 11 is 0. The van der Waals surface area contributed by atoms with Crippen LogP contribution in [0.5, 0.6) is 0 Å². The molecule has 0 atom stereocenters. The second-order valence-corrected chi connectivity index (χ2v) is 1.56. The molecule has 0 saturated heterocycles. The highest BCUT2D eigenvalue weighted by atomic mass is 16.5. The average molecular weight is 155 g/mol. The van der Waals surface area contributed by atoms with E-state index in [1.54, 1.807) is 13.0 Å². The fourth-order valence-corrected chi connectivity index (χ4v) is 0.429. The van der Waals surface area contributed by atoms with Gasteiger partial charge in [0.2, 0.25) is 0 Å². The predicted octanol–water partition coefficient (Wildman–Crippen LogP) is -0.580. The van der Waals surface area contributed by atoms with Gasteiger partial charge < -0.3 is 10.2 Å². The maximum absolute atomic E-state index is 10.8. The summed E-state index contributed by atoms with van der Waals surface area (Å²) in [7, 11) is 0. The third kappa shape index (κ3) is 3.23. The first-order chi connectivity index (χ1) is 5.26. The van der Waals surface area contributed by atoms with Crippen LogP contribution in [0.15, 0.2) is 11.8 Å². The van der Waals surface area contributed by atoms with E-state index in [2.05, 4.69) is 10.2 Å². The molecular weight excluding hydrogens is 146 g/mol. The first-order valence-corrected chi connectivity index (χ1v) is 2.99. The summed E-state index contributed by atoms with van der Waals surface area (Å²) in [5, 5.41) is 8.34. The molecule has 0 aliphatic heterocycles. The van der Waals surface area contributed by atoms with Gasteiger partial charge in [-0.2, -0.15) is 5.26 Å². The SMILES string of the molecule is CCOC(=O)/C(C#N)=C\NN. The van der Waals surface area contributed by atoms with Crippen molar-refractivity contribution in [1.29, 1.82) is 5.26 Å². The number of esters is 1. The van der Waals surface area contributed by atoms with Crippen molar-refractivity contribution < 1.29 is 9.53 Å². The molecule has 3 N–H and O–H groups in total. The minimum atomic E-state index is -0.673. The number of nitrogens with zero attached hydrogens (tertiary/aromatic N) is 1. The number of rotatable bonds is 3. The van der Waals surface area contributed by atoms with Gasteiger partial charge in [-0.25, -0.2) is 4.79 Å². The predicted molar refractivity (Wildman–Crippen MR) is 37.7 cm³/mol. The van der Waals surface area contributed by atoms with Crippen molar-refractivity contribution in [3.63, 3.8) is 0 Å². The number of carbonyl (C=O) groups excluding carboxylic acids is 1. The molecule has 0 amide bonds. The minimum Gasteiger partial charge on any atom is -0.462 e. The van der Waals surface area contributed by atoms with Crippen molar-refractivity contribution in [2.24, 2.45) is 5.84 Å². The van der Waals surface area contributed by atoms with Crippen molar-refractivity contribution in [2.75, 3.05) is 6.61 Å². The second kappa shape index (κ2) is 5.26. The van der Waals surface area contributed by atoms with Gasteiger partial charge >= 0.3 is 5.97 Å². The van der Waals surface area contributed by atoms with Crippen molar-refractivity contribution in [1.82, 2.24) is 5.43 Å². The Morgan fingerprint density at radius 3 is 2.91 bits per heavy atom.